The molecule has 1 N–H and O–H groups in total. The summed E-state index contributed by atoms with van der Waals surface area (Å²) >= 11 is 1.46. The summed E-state index contributed by atoms with van der Waals surface area (Å²) in [4.78, 5) is 25.8. The van der Waals surface area contributed by atoms with E-state index in [4.69, 9.17) is 0 Å². The van der Waals surface area contributed by atoms with E-state index in [0.29, 0.717) is 6.54 Å². The lowest BCUT2D eigenvalue weighted by Gasteiger charge is -2.22. The standard InChI is InChI=1S/C21H24N4OS/c1-15-17-19(25-11-7-2-3-8-12-25)23-14-24-21(17)27-18(15)20(26)22-13-16-9-5-4-6-10-16/h4-6,9-10,14H,2-3,7-8,11-13H2,1H3,(H,22,26). The van der Waals surface area contributed by atoms with Crippen LogP contribution < -0.4 is 10.2 Å². The maximum absolute atomic E-state index is 12.8. The van der Waals surface area contributed by atoms with Crippen molar-refractivity contribution in [2.24, 2.45) is 0 Å². The number of carbonyl (C=O) groups is 1. The molecule has 1 fully saturated rings. The molecular formula is C21H24N4OS. The van der Waals surface area contributed by atoms with Gasteiger partial charge in [-0.3, -0.25) is 4.79 Å². The quantitative estimate of drug-likeness (QED) is 0.733. The van der Waals surface area contributed by atoms with Gasteiger partial charge in [0.2, 0.25) is 0 Å². The van der Waals surface area contributed by atoms with Gasteiger partial charge in [-0.25, -0.2) is 9.97 Å². The second-order valence-electron chi connectivity index (χ2n) is 7.00. The SMILES string of the molecule is Cc1c(C(=O)NCc2ccccc2)sc2ncnc(N3CCCCCC3)c12. The largest absolute Gasteiger partial charge is 0.356 e. The molecule has 1 aromatic carbocycles. The summed E-state index contributed by atoms with van der Waals surface area (Å²) in [5.74, 6) is 0.943. The summed E-state index contributed by atoms with van der Waals surface area (Å²) in [6, 6.07) is 9.97. The summed E-state index contributed by atoms with van der Waals surface area (Å²) < 4.78 is 0. The number of amides is 1. The van der Waals surface area contributed by atoms with Gasteiger partial charge in [0.25, 0.3) is 5.91 Å². The number of carbonyl (C=O) groups excluding carboxylic acids is 1. The third kappa shape index (κ3) is 3.81. The first-order valence-corrected chi connectivity index (χ1v) is 10.4. The maximum atomic E-state index is 12.8. The van der Waals surface area contributed by atoms with E-state index in [9.17, 15) is 4.79 Å². The van der Waals surface area contributed by atoms with Crippen molar-refractivity contribution in [3.63, 3.8) is 0 Å². The molecule has 1 aliphatic rings. The van der Waals surface area contributed by atoms with Crippen LogP contribution in [0.25, 0.3) is 10.2 Å². The molecule has 140 valence electrons. The smallest absolute Gasteiger partial charge is 0.261 e. The molecule has 0 unspecified atom stereocenters. The zero-order valence-electron chi connectivity index (χ0n) is 15.6. The summed E-state index contributed by atoms with van der Waals surface area (Å²) in [7, 11) is 0. The summed E-state index contributed by atoms with van der Waals surface area (Å²) in [5.41, 5.74) is 2.08. The van der Waals surface area contributed by atoms with Crippen LogP contribution in [0, 0.1) is 6.92 Å². The van der Waals surface area contributed by atoms with Gasteiger partial charge in [0, 0.05) is 19.6 Å². The van der Waals surface area contributed by atoms with Crippen molar-refractivity contribution in [1.82, 2.24) is 15.3 Å². The van der Waals surface area contributed by atoms with Crippen LogP contribution in [0.3, 0.4) is 0 Å². The van der Waals surface area contributed by atoms with Crippen LogP contribution in [0.1, 0.15) is 46.5 Å². The number of nitrogens with one attached hydrogen (secondary N) is 1. The van der Waals surface area contributed by atoms with Gasteiger partial charge in [0.1, 0.15) is 17.0 Å². The molecule has 1 amide bonds. The highest BCUT2D eigenvalue weighted by atomic mass is 32.1. The third-order valence-corrected chi connectivity index (χ3v) is 6.31. The molecule has 2 aromatic heterocycles. The number of nitrogens with zero attached hydrogens (tertiary/aromatic N) is 3. The molecule has 0 bridgehead atoms. The highest BCUT2D eigenvalue weighted by Gasteiger charge is 2.22. The molecular weight excluding hydrogens is 356 g/mol. The number of hydrogen-bond donors (Lipinski definition) is 1. The molecule has 0 radical (unpaired) electrons. The number of thiophene rings is 1. The zero-order valence-corrected chi connectivity index (χ0v) is 16.4. The number of fused-ring (bicyclic) bond motifs is 1. The summed E-state index contributed by atoms with van der Waals surface area (Å²) in [6.07, 6.45) is 6.57. The fourth-order valence-corrected chi connectivity index (χ4v) is 4.71. The Kier molecular flexibility index (Phi) is 5.34. The predicted octanol–water partition coefficient (Wildman–Crippen LogP) is 4.31. The first-order chi connectivity index (χ1) is 13.2. The third-order valence-electron chi connectivity index (χ3n) is 5.11. The molecule has 4 rings (SSSR count). The minimum atomic E-state index is -0.0406. The van der Waals surface area contributed by atoms with Gasteiger partial charge in [-0.2, -0.15) is 0 Å². The molecule has 3 heterocycles. The van der Waals surface area contributed by atoms with Gasteiger partial charge in [0.15, 0.2) is 0 Å². The predicted molar refractivity (Wildman–Crippen MR) is 110 cm³/mol. The van der Waals surface area contributed by atoms with Gasteiger partial charge in [0.05, 0.1) is 10.3 Å². The number of rotatable bonds is 4. The average molecular weight is 381 g/mol. The van der Waals surface area contributed by atoms with Crippen LogP contribution in [0.5, 0.6) is 0 Å². The van der Waals surface area contributed by atoms with Crippen molar-refractivity contribution < 1.29 is 4.79 Å². The van der Waals surface area contributed by atoms with E-state index >= 15 is 0 Å². The normalized spacial score (nSPS) is 14.9. The average Bonchev–Trinajstić information content (AvgIpc) is 2.88. The lowest BCUT2D eigenvalue weighted by molar-refractivity contribution is 0.0954. The van der Waals surface area contributed by atoms with E-state index in [1.807, 2.05) is 37.3 Å². The Labute approximate surface area is 163 Å². The molecule has 1 saturated heterocycles. The van der Waals surface area contributed by atoms with Crippen molar-refractivity contribution in [2.45, 2.75) is 39.2 Å². The minimum absolute atomic E-state index is 0.0406. The lowest BCUT2D eigenvalue weighted by Crippen LogP contribution is -2.25. The fraction of sp³-hybridized carbons (Fsp3) is 0.381. The minimum Gasteiger partial charge on any atom is -0.356 e. The van der Waals surface area contributed by atoms with Gasteiger partial charge in [-0.15, -0.1) is 11.3 Å². The monoisotopic (exact) mass is 380 g/mol. The van der Waals surface area contributed by atoms with Crippen LogP contribution in [0.2, 0.25) is 0 Å². The van der Waals surface area contributed by atoms with Crippen LogP contribution in [-0.2, 0) is 6.54 Å². The number of benzene rings is 1. The Hall–Kier alpha value is -2.47. The zero-order chi connectivity index (χ0) is 18.6. The maximum Gasteiger partial charge on any atom is 0.261 e. The van der Waals surface area contributed by atoms with E-state index in [-0.39, 0.29) is 5.91 Å². The van der Waals surface area contributed by atoms with Crippen molar-refractivity contribution in [3.8, 4) is 0 Å². The molecule has 3 aromatic rings. The molecule has 6 heteroatoms. The Bertz CT molecular complexity index is 930. The summed E-state index contributed by atoms with van der Waals surface area (Å²) in [6.45, 7) is 4.59. The van der Waals surface area contributed by atoms with Crippen LogP contribution >= 0.6 is 11.3 Å². The number of anilines is 1. The molecule has 0 spiro atoms. The summed E-state index contributed by atoms with van der Waals surface area (Å²) in [5, 5.41) is 4.07. The van der Waals surface area contributed by atoms with Crippen molar-refractivity contribution in [1.29, 1.82) is 0 Å². The van der Waals surface area contributed by atoms with Crippen LogP contribution in [-0.4, -0.2) is 29.0 Å². The second kappa shape index (κ2) is 8.05. The van der Waals surface area contributed by atoms with Gasteiger partial charge in [-0.05, 0) is 30.9 Å². The van der Waals surface area contributed by atoms with Gasteiger partial charge >= 0.3 is 0 Å². The highest BCUT2D eigenvalue weighted by Crippen LogP contribution is 2.35. The second-order valence-corrected chi connectivity index (χ2v) is 8.00. The number of aromatic nitrogens is 2. The molecule has 0 atom stereocenters. The number of hydrogen-bond acceptors (Lipinski definition) is 5. The lowest BCUT2D eigenvalue weighted by atomic mass is 10.1. The molecule has 1 aliphatic heterocycles. The van der Waals surface area contributed by atoms with Crippen LogP contribution in [0.4, 0.5) is 5.82 Å². The Morgan fingerprint density at radius 2 is 1.85 bits per heavy atom. The molecule has 0 saturated carbocycles. The Balaban J connectivity index is 1.61. The van der Waals surface area contributed by atoms with Crippen molar-refractivity contribution in [2.75, 3.05) is 18.0 Å². The molecule has 5 nitrogen and oxygen atoms in total. The molecule has 0 aliphatic carbocycles. The topological polar surface area (TPSA) is 58.1 Å². The van der Waals surface area contributed by atoms with Crippen molar-refractivity contribution in [3.05, 3.63) is 52.7 Å². The Morgan fingerprint density at radius 1 is 1.11 bits per heavy atom. The van der Waals surface area contributed by atoms with Gasteiger partial charge in [-0.1, -0.05) is 43.2 Å². The van der Waals surface area contributed by atoms with E-state index < -0.39 is 0 Å². The van der Waals surface area contributed by atoms with E-state index in [0.717, 1.165) is 45.1 Å². The van der Waals surface area contributed by atoms with E-state index in [1.165, 1.54) is 37.0 Å². The van der Waals surface area contributed by atoms with Crippen LogP contribution in [0.15, 0.2) is 36.7 Å². The Morgan fingerprint density at radius 3 is 2.59 bits per heavy atom. The first-order valence-electron chi connectivity index (χ1n) is 9.55. The van der Waals surface area contributed by atoms with E-state index in [1.54, 1.807) is 6.33 Å². The first kappa shape index (κ1) is 17.9. The fourth-order valence-electron chi connectivity index (χ4n) is 3.65. The molecule has 27 heavy (non-hydrogen) atoms. The van der Waals surface area contributed by atoms with Crippen molar-refractivity contribution >= 4 is 33.3 Å². The highest BCUT2D eigenvalue weighted by molar-refractivity contribution is 7.20. The van der Waals surface area contributed by atoms with E-state index in [2.05, 4.69) is 20.2 Å². The number of aryl methyl sites for hydroxylation is 1. The van der Waals surface area contributed by atoms with Gasteiger partial charge < -0.3 is 10.2 Å².